The van der Waals surface area contributed by atoms with Crippen molar-refractivity contribution in [2.75, 3.05) is 4.90 Å². The van der Waals surface area contributed by atoms with Gasteiger partial charge in [-0.2, -0.15) is 0 Å². The van der Waals surface area contributed by atoms with Gasteiger partial charge in [0.05, 0.1) is 34.6 Å². The molecule has 0 aliphatic heterocycles. The molecule has 0 heterocycles. The fourth-order valence-corrected chi connectivity index (χ4v) is 9.51. The van der Waals surface area contributed by atoms with E-state index in [1.165, 1.54) is 4.90 Å². The van der Waals surface area contributed by atoms with E-state index in [0.717, 1.165) is 55.6 Å². The van der Waals surface area contributed by atoms with Crippen LogP contribution in [-0.4, -0.2) is 0 Å². The number of hydrogen-bond donors (Lipinski definition) is 0. The van der Waals surface area contributed by atoms with Crippen LogP contribution in [0.25, 0.3) is 44.5 Å². The standard InChI is InChI=1S/C58H43N/c1-57(2)51-30-16-12-28-47(51)49-37-35-44(39-53(49)57)59(55-32-18-14-26-45(55)40-20-6-3-7-21-40)56-33-19-15-27-46(56)41-34-36-50-48-29-13-17-31-52(48)58(54(50)38-41,42-22-8-4-9-23-42)43-24-10-5-11-25-43/h3-39H,1-2H3/i3D,6D,7D,14D,15D,18D,19D,20D,21D,26D,27D,32D,33D. The van der Waals surface area contributed by atoms with Gasteiger partial charge in [-0.1, -0.05) is 208 Å². The van der Waals surface area contributed by atoms with Crippen molar-refractivity contribution in [2.45, 2.75) is 24.7 Å². The molecule has 0 atom stereocenters. The Morgan fingerprint density at radius 2 is 0.864 bits per heavy atom. The van der Waals surface area contributed by atoms with Crippen LogP contribution in [0.1, 0.15) is 65.0 Å². The molecule has 0 spiro atoms. The molecule has 0 radical (unpaired) electrons. The highest BCUT2D eigenvalue weighted by Gasteiger charge is 2.46. The van der Waals surface area contributed by atoms with Crippen molar-refractivity contribution in [2.24, 2.45) is 0 Å². The van der Waals surface area contributed by atoms with Gasteiger partial charge in [-0.05, 0) is 97.0 Å². The second kappa shape index (κ2) is 13.7. The minimum absolute atomic E-state index is 0.00255. The van der Waals surface area contributed by atoms with Gasteiger partial charge in [0.2, 0.25) is 0 Å². The van der Waals surface area contributed by atoms with Crippen molar-refractivity contribution in [1.29, 1.82) is 0 Å². The van der Waals surface area contributed by atoms with Crippen molar-refractivity contribution in [1.82, 2.24) is 0 Å². The van der Waals surface area contributed by atoms with E-state index in [1.807, 2.05) is 97.1 Å². The summed E-state index contributed by atoms with van der Waals surface area (Å²) in [5, 5.41) is 0. The molecular weight excluding hydrogens is 711 g/mol. The summed E-state index contributed by atoms with van der Waals surface area (Å²) in [6.45, 7) is 4.12. The molecule has 280 valence electrons. The first-order valence-corrected chi connectivity index (χ1v) is 19.6. The summed E-state index contributed by atoms with van der Waals surface area (Å²) >= 11 is 0. The van der Waals surface area contributed by atoms with Crippen LogP contribution in [0.2, 0.25) is 0 Å². The van der Waals surface area contributed by atoms with E-state index in [0.29, 0.717) is 5.56 Å². The van der Waals surface area contributed by atoms with Crippen LogP contribution in [0.4, 0.5) is 17.1 Å². The van der Waals surface area contributed by atoms with Crippen molar-refractivity contribution in [3.05, 3.63) is 258 Å². The Bertz CT molecular complexity index is 3710. The predicted molar refractivity (Wildman–Crippen MR) is 247 cm³/mol. The average Bonchev–Trinajstić information content (AvgIpc) is 3.82. The van der Waals surface area contributed by atoms with Gasteiger partial charge < -0.3 is 4.90 Å². The Labute approximate surface area is 365 Å². The van der Waals surface area contributed by atoms with Gasteiger partial charge in [0.1, 0.15) is 0 Å². The topological polar surface area (TPSA) is 3.24 Å². The maximum Gasteiger partial charge on any atom is 0.0713 e. The second-order valence-corrected chi connectivity index (χ2v) is 15.5. The van der Waals surface area contributed by atoms with Crippen LogP contribution in [0.5, 0.6) is 0 Å². The zero-order chi connectivity index (χ0) is 50.9. The monoisotopic (exact) mass is 766 g/mol. The first-order chi connectivity index (χ1) is 34.4. The lowest BCUT2D eigenvalue weighted by Gasteiger charge is -2.34. The van der Waals surface area contributed by atoms with Crippen LogP contribution in [0, 0.1) is 0 Å². The maximum absolute atomic E-state index is 9.99. The molecule has 0 aromatic heterocycles. The third kappa shape index (κ3) is 5.31. The van der Waals surface area contributed by atoms with Crippen molar-refractivity contribution in [3.8, 4) is 44.5 Å². The molecule has 0 saturated carbocycles. The molecule has 1 nitrogen and oxygen atoms in total. The number of hydrogen-bond acceptors (Lipinski definition) is 1. The van der Waals surface area contributed by atoms with E-state index >= 15 is 0 Å². The summed E-state index contributed by atoms with van der Waals surface area (Å²) in [6, 6.07) is 38.9. The number of para-hydroxylation sites is 2. The largest absolute Gasteiger partial charge is 0.309 e. The van der Waals surface area contributed by atoms with Gasteiger partial charge in [-0.3, -0.25) is 0 Å². The number of nitrogens with zero attached hydrogens (tertiary/aromatic N) is 1. The summed E-state index contributed by atoms with van der Waals surface area (Å²) in [7, 11) is 0. The van der Waals surface area contributed by atoms with Crippen LogP contribution >= 0.6 is 0 Å². The highest BCUT2D eigenvalue weighted by atomic mass is 15.1. The Hall–Kier alpha value is -7.22. The zero-order valence-corrected chi connectivity index (χ0v) is 32.3. The third-order valence-electron chi connectivity index (χ3n) is 12.1. The Kier molecular flexibility index (Phi) is 5.55. The fourth-order valence-electron chi connectivity index (χ4n) is 9.51. The van der Waals surface area contributed by atoms with E-state index in [-0.39, 0.29) is 22.6 Å². The molecule has 0 fully saturated rings. The fraction of sp³-hybridized carbons (Fsp3) is 0.0690. The minimum atomic E-state index is -0.914. The highest BCUT2D eigenvalue weighted by molar-refractivity contribution is 5.96. The second-order valence-electron chi connectivity index (χ2n) is 15.5. The van der Waals surface area contributed by atoms with Gasteiger partial charge in [-0.25, -0.2) is 0 Å². The Balaban J connectivity index is 1.30. The quantitative estimate of drug-likeness (QED) is 0.156. The van der Waals surface area contributed by atoms with Crippen molar-refractivity contribution >= 4 is 17.1 Å². The third-order valence-corrected chi connectivity index (χ3v) is 12.1. The molecule has 9 aromatic rings. The van der Waals surface area contributed by atoms with Gasteiger partial charge >= 0.3 is 0 Å². The van der Waals surface area contributed by atoms with Gasteiger partial charge in [-0.15, -0.1) is 0 Å². The molecule has 0 unspecified atom stereocenters. The van der Waals surface area contributed by atoms with Crippen LogP contribution in [-0.2, 0) is 10.8 Å². The molecule has 59 heavy (non-hydrogen) atoms. The molecule has 2 aliphatic rings. The molecule has 11 rings (SSSR count). The lowest BCUT2D eigenvalue weighted by atomic mass is 9.67. The number of anilines is 3. The van der Waals surface area contributed by atoms with Gasteiger partial charge in [0, 0.05) is 22.2 Å². The first-order valence-electron chi connectivity index (χ1n) is 26.1. The van der Waals surface area contributed by atoms with Crippen molar-refractivity contribution < 1.29 is 17.8 Å². The number of fused-ring (bicyclic) bond motifs is 6. The lowest BCUT2D eigenvalue weighted by molar-refractivity contribution is 0.660. The van der Waals surface area contributed by atoms with Crippen LogP contribution < -0.4 is 4.90 Å². The van der Waals surface area contributed by atoms with Crippen LogP contribution in [0.15, 0.2) is 224 Å². The van der Waals surface area contributed by atoms with E-state index < -0.39 is 101 Å². The Morgan fingerprint density at radius 1 is 0.373 bits per heavy atom. The number of rotatable bonds is 7. The SMILES string of the molecule is [2H]c1c([2H])c([2H])c(-c2c([2H])c([2H])c([2H])c([2H])c2N(c2ccc3c(c2)C(C)(C)c2ccccc2-3)c2c([2H])c([2H])c([2H])c([2H])c2-c2ccc3c(c2)C(c2ccccc2)(c2ccccc2)c2ccccc2-3)c([2H])c1[2H]. The van der Waals surface area contributed by atoms with E-state index in [9.17, 15) is 12.3 Å². The summed E-state index contributed by atoms with van der Waals surface area (Å²) < 4.78 is 120. The summed E-state index contributed by atoms with van der Waals surface area (Å²) in [5.74, 6) is 0. The molecular formula is C58H43N. The summed E-state index contributed by atoms with van der Waals surface area (Å²) in [5.41, 5.74) is 6.93. The predicted octanol–water partition coefficient (Wildman–Crippen LogP) is 15.2. The molecule has 1 heteroatoms. The van der Waals surface area contributed by atoms with Gasteiger partial charge in [0.25, 0.3) is 0 Å². The molecule has 9 aromatic carbocycles. The van der Waals surface area contributed by atoms with E-state index in [4.69, 9.17) is 5.48 Å². The number of benzene rings is 9. The highest BCUT2D eigenvalue weighted by Crippen LogP contribution is 2.58. The van der Waals surface area contributed by atoms with E-state index in [1.54, 1.807) is 12.1 Å². The maximum atomic E-state index is 9.99. The normalized spacial score (nSPS) is 16.9. The lowest BCUT2D eigenvalue weighted by Crippen LogP contribution is -2.28. The minimum Gasteiger partial charge on any atom is -0.309 e. The first kappa shape index (κ1) is 23.9. The molecule has 0 amide bonds. The van der Waals surface area contributed by atoms with Crippen molar-refractivity contribution in [3.63, 3.8) is 0 Å². The van der Waals surface area contributed by atoms with E-state index in [2.05, 4.69) is 50.2 Å². The molecule has 0 bridgehead atoms. The molecule has 0 N–H and O–H groups in total. The Morgan fingerprint density at radius 3 is 1.53 bits per heavy atom. The zero-order valence-electron chi connectivity index (χ0n) is 45.3. The summed E-state index contributed by atoms with van der Waals surface area (Å²) in [6.07, 6.45) is 0. The smallest absolute Gasteiger partial charge is 0.0713 e. The van der Waals surface area contributed by atoms with Crippen LogP contribution in [0.3, 0.4) is 0 Å². The average molecular weight is 767 g/mol. The molecule has 0 saturated heterocycles. The molecule has 2 aliphatic carbocycles. The summed E-state index contributed by atoms with van der Waals surface area (Å²) in [4.78, 5) is 1.38. The van der Waals surface area contributed by atoms with Gasteiger partial charge in [0.15, 0.2) is 0 Å².